The summed E-state index contributed by atoms with van der Waals surface area (Å²) < 4.78 is 3.51. The van der Waals surface area contributed by atoms with Crippen molar-refractivity contribution in [1.82, 2.24) is 0 Å². The van der Waals surface area contributed by atoms with E-state index in [9.17, 15) is 24.7 Å². The highest BCUT2D eigenvalue weighted by Gasteiger charge is 2.19. The summed E-state index contributed by atoms with van der Waals surface area (Å²) in [7, 11) is 11.4. The normalized spacial score (nSPS) is 14.2. The van der Waals surface area contributed by atoms with Gasteiger partial charge in [0.2, 0.25) is 5.12 Å². The zero-order chi connectivity index (χ0) is 19.6. The van der Waals surface area contributed by atoms with Crippen molar-refractivity contribution in [2.45, 2.75) is 25.0 Å². The maximum Gasteiger partial charge on any atom is 0.217 e. The summed E-state index contributed by atoms with van der Waals surface area (Å²) in [6, 6.07) is 0. The molecule has 0 aliphatic heterocycles. The number of aliphatic carboxylic acids is 1. The maximum atomic E-state index is 10.8. The number of nitroso groups, excluding NO2 is 1. The van der Waals surface area contributed by atoms with Gasteiger partial charge in [-0.25, -0.2) is 0 Å². The van der Waals surface area contributed by atoms with Gasteiger partial charge < -0.3 is 29.1 Å². The molecule has 24 heavy (non-hydrogen) atoms. The number of carboxylic acids is 1. The number of nitrogens with zero attached hydrogens (tertiary/aromatic N) is 3. The van der Waals surface area contributed by atoms with Gasteiger partial charge >= 0.3 is 0 Å². The smallest absolute Gasteiger partial charge is 0.217 e. The highest BCUT2D eigenvalue weighted by atomic mass is 32.2. The second-order valence-electron chi connectivity index (χ2n) is 7.57. The monoisotopic (exact) mass is 368 g/mol. The van der Waals surface area contributed by atoms with Crippen LogP contribution in [0.2, 0.25) is 0 Å². The zero-order valence-corrected chi connectivity index (χ0v) is 16.1. The van der Waals surface area contributed by atoms with Crippen LogP contribution in [0.4, 0.5) is 0 Å². The van der Waals surface area contributed by atoms with Gasteiger partial charge in [-0.15, -0.1) is 4.91 Å². The fourth-order valence-corrected chi connectivity index (χ4v) is 2.21. The average molecular weight is 368 g/mol. The average Bonchev–Trinajstić information content (AvgIpc) is 2.22. The molecule has 0 amide bonds. The molecule has 1 unspecified atom stereocenters. The van der Waals surface area contributed by atoms with Crippen molar-refractivity contribution >= 4 is 23.0 Å². The Balaban J connectivity index is 0. The van der Waals surface area contributed by atoms with E-state index in [0.29, 0.717) is 34.0 Å². The van der Waals surface area contributed by atoms with E-state index in [0.717, 1.165) is 0 Å². The predicted molar refractivity (Wildman–Crippen MR) is 90.4 cm³/mol. The topological polar surface area (TPSA) is 127 Å². The lowest BCUT2D eigenvalue weighted by molar-refractivity contribution is -0.873. The predicted octanol–water partition coefficient (Wildman–Crippen LogP) is -1.42. The van der Waals surface area contributed by atoms with Crippen LogP contribution in [0.5, 0.6) is 0 Å². The molecule has 0 radical (unpaired) electrons. The van der Waals surface area contributed by atoms with E-state index in [2.05, 4.69) is 4.58 Å². The molecule has 0 heterocycles. The first kappa shape index (κ1) is 25.2. The van der Waals surface area contributed by atoms with E-state index in [1.165, 1.54) is 0 Å². The molecule has 2 atom stereocenters. The first-order valence-corrected chi connectivity index (χ1v) is 8.13. The first-order chi connectivity index (χ1) is 10.7. The van der Waals surface area contributed by atoms with Gasteiger partial charge in [0.25, 0.3) is 0 Å². The summed E-state index contributed by atoms with van der Waals surface area (Å²) >= 11 is 0.349. The van der Waals surface area contributed by atoms with E-state index >= 15 is 0 Å². The third-order valence-electron chi connectivity index (χ3n) is 2.46. The number of carbonyl (C=O) groups is 2. The Labute approximate surface area is 147 Å². The fourth-order valence-electron chi connectivity index (χ4n) is 1.86. The van der Waals surface area contributed by atoms with Crippen molar-refractivity contribution in [1.29, 1.82) is 0 Å². The van der Waals surface area contributed by atoms with Crippen molar-refractivity contribution < 1.29 is 33.9 Å². The quantitative estimate of drug-likeness (QED) is 0.290. The van der Waals surface area contributed by atoms with Crippen LogP contribution in [-0.4, -0.2) is 97.8 Å². The van der Waals surface area contributed by atoms with Crippen LogP contribution in [0.15, 0.2) is 4.58 Å². The Bertz CT molecular complexity index is 406. The summed E-state index contributed by atoms with van der Waals surface area (Å²) in [5.74, 6) is -1.20. The number of carboxylic acid groups (broad SMARTS) is 1. The fraction of sp³-hybridized carbons (Fsp3) is 0.857. The molecule has 9 nitrogen and oxygen atoms in total. The Morgan fingerprint density at radius 2 is 1.33 bits per heavy atom. The summed E-state index contributed by atoms with van der Waals surface area (Å²) in [5, 5.41) is 28.1. The minimum atomic E-state index is -1.20. The number of rotatable bonds is 9. The van der Waals surface area contributed by atoms with Crippen LogP contribution in [0, 0.1) is 4.91 Å². The molecule has 0 aliphatic carbocycles. The zero-order valence-electron chi connectivity index (χ0n) is 15.3. The molecule has 0 rings (SSSR count). The van der Waals surface area contributed by atoms with Crippen LogP contribution in [-0.2, 0) is 9.59 Å². The van der Waals surface area contributed by atoms with E-state index in [1.54, 1.807) is 0 Å². The Morgan fingerprint density at radius 1 is 0.958 bits per heavy atom. The summed E-state index contributed by atoms with van der Waals surface area (Å²) in [6.07, 6.45) is -1.82. The van der Waals surface area contributed by atoms with Gasteiger partial charge in [-0.1, -0.05) is 0 Å². The number of likely N-dealkylation sites (N-methyl/N-ethyl adjacent to an activating group) is 2. The van der Waals surface area contributed by atoms with Crippen LogP contribution in [0.1, 0.15) is 12.8 Å². The van der Waals surface area contributed by atoms with E-state index < -0.39 is 23.3 Å². The number of hydrogen-bond donors (Lipinski definition) is 2. The van der Waals surface area contributed by atoms with E-state index in [-0.39, 0.29) is 12.8 Å². The third kappa shape index (κ3) is 20.9. The lowest BCUT2D eigenvalue weighted by Gasteiger charge is -2.26. The Morgan fingerprint density at radius 3 is 1.62 bits per heavy atom. The second kappa shape index (κ2) is 11.5. The maximum absolute atomic E-state index is 10.8. The molecule has 10 heteroatoms. The van der Waals surface area contributed by atoms with Gasteiger partial charge in [0.1, 0.15) is 25.3 Å². The minimum Gasteiger partial charge on any atom is -0.550 e. The van der Waals surface area contributed by atoms with Gasteiger partial charge in [0, 0.05) is 17.0 Å². The summed E-state index contributed by atoms with van der Waals surface area (Å²) in [6.45, 7) is 0.902. The molecule has 0 spiro atoms. The van der Waals surface area contributed by atoms with Gasteiger partial charge in [0.05, 0.1) is 60.7 Å². The highest BCUT2D eigenvalue weighted by molar-refractivity contribution is 8.12. The molecule has 2 N–H and O–H groups in total. The van der Waals surface area contributed by atoms with E-state index in [1.807, 2.05) is 42.3 Å². The number of aliphatic hydroxyl groups is 2. The highest BCUT2D eigenvalue weighted by Crippen LogP contribution is 2.09. The third-order valence-corrected chi connectivity index (χ3v) is 2.91. The van der Waals surface area contributed by atoms with Gasteiger partial charge in [0.15, 0.2) is 0 Å². The standard InChI is InChI=1S/C7H15N2O3S.C7H15NO3/c1-9(2,3)5-6(10)4-7(11)13-8-12;1-8(2,3)5-6(9)4-7(10)11/h6,10H,4-5H2,1-3H3;6,9H,4-5H2,1-3H3/q+1;/t;6-/m.1/s1. The lowest BCUT2D eigenvalue weighted by atomic mass is 10.2. The van der Waals surface area contributed by atoms with E-state index in [4.69, 9.17) is 5.11 Å². The molecule has 0 aromatic carbocycles. The van der Waals surface area contributed by atoms with Crippen LogP contribution < -0.4 is 5.11 Å². The van der Waals surface area contributed by atoms with Gasteiger partial charge in [-0.3, -0.25) is 4.79 Å². The molecule has 0 saturated heterocycles. The molecule has 0 fully saturated rings. The SMILES string of the molecule is C[N+](C)(C)CC(O)CC(=O)SN=O.C[N+](C)(C)C[C@H](O)CC(=O)[O-]. The second-order valence-corrected chi connectivity index (χ2v) is 8.36. The van der Waals surface area contributed by atoms with Crippen molar-refractivity contribution in [2.75, 3.05) is 55.4 Å². The van der Waals surface area contributed by atoms with Crippen LogP contribution in [0.25, 0.3) is 0 Å². The number of quaternary nitrogens is 2. The number of hydrogen-bond acceptors (Lipinski definition) is 8. The molecular weight excluding hydrogens is 338 g/mol. The number of aliphatic hydroxyl groups excluding tert-OH is 2. The summed E-state index contributed by atoms with van der Waals surface area (Å²) in [5.41, 5.74) is 0. The van der Waals surface area contributed by atoms with Crippen molar-refractivity contribution in [3.63, 3.8) is 0 Å². The molecule has 0 aromatic rings. The number of carbonyl (C=O) groups excluding carboxylic acids is 2. The molecule has 0 bridgehead atoms. The van der Waals surface area contributed by atoms with Crippen LogP contribution in [0.3, 0.4) is 0 Å². The van der Waals surface area contributed by atoms with Crippen LogP contribution >= 0.6 is 11.9 Å². The van der Waals surface area contributed by atoms with Crippen molar-refractivity contribution in [3.05, 3.63) is 4.91 Å². The Kier molecular flexibility index (Phi) is 12.0. The molecule has 0 saturated carbocycles. The molecule has 0 aromatic heterocycles. The Hall–Kier alpha value is -1.07. The first-order valence-electron chi connectivity index (χ1n) is 7.35. The van der Waals surface area contributed by atoms with Gasteiger partial charge in [-0.05, 0) is 0 Å². The van der Waals surface area contributed by atoms with Gasteiger partial charge in [-0.2, -0.15) is 0 Å². The molecule has 142 valence electrons. The lowest BCUT2D eigenvalue weighted by Crippen LogP contribution is -2.43. The minimum absolute atomic E-state index is 0.0219. The van der Waals surface area contributed by atoms with Crippen molar-refractivity contribution in [3.8, 4) is 0 Å². The van der Waals surface area contributed by atoms with Crippen molar-refractivity contribution in [2.24, 2.45) is 4.58 Å². The molecule has 0 aliphatic rings. The largest absolute Gasteiger partial charge is 0.550 e. The molecular formula is C14H30N3O6S+. The summed E-state index contributed by atoms with van der Waals surface area (Å²) in [4.78, 5) is 30.5.